The summed E-state index contributed by atoms with van der Waals surface area (Å²) < 4.78 is 0. The Hall–Kier alpha value is -0.0400. The van der Waals surface area contributed by atoms with Gasteiger partial charge in [-0.1, -0.05) is 0 Å². The lowest BCUT2D eigenvalue weighted by atomic mass is 10.5. The molecule has 0 saturated heterocycles. The molecule has 0 heterocycles. The maximum atomic E-state index is 7.81. The molecule has 1 heteroatoms. The molecule has 0 saturated carbocycles. The van der Waals surface area contributed by atoms with Gasteiger partial charge in [0.25, 0.3) is 0 Å². The van der Waals surface area contributed by atoms with Crippen molar-refractivity contribution < 1.29 is 5.11 Å². The van der Waals surface area contributed by atoms with Gasteiger partial charge in [-0.15, -0.1) is 0 Å². The van der Waals surface area contributed by atoms with Crippen LogP contribution in [0.4, 0.5) is 0 Å². The molecule has 0 spiro atoms. The molecule has 0 rings (SSSR count). The van der Waals surface area contributed by atoms with Crippen molar-refractivity contribution in [2.75, 3.05) is 6.61 Å². The van der Waals surface area contributed by atoms with Crippen molar-refractivity contribution in [2.24, 2.45) is 0 Å². The molecule has 0 aliphatic rings. The Morgan fingerprint density at radius 3 is 2.00 bits per heavy atom. The van der Waals surface area contributed by atoms with Gasteiger partial charge >= 0.3 is 0 Å². The normalized spacial score (nSPS) is 7.50. The van der Waals surface area contributed by atoms with E-state index in [-0.39, 0.29) is 6.61 Å². The Labute approximate surface area is 26.3 Å². The summed E-state index contributed by atoms with van der Waals surface area (Å²) in [4.78, 5) is 0. The average molecular weight is 59.1 g/mol. The minimum atomic E-state index is 0.208. The molecule has 0 fully saturated rings. The fourth-order valence-corrected chi connectivity index (χ4v) is 0. The van der Waals surface area contributed by atoms with E-state index < -0.39 is 0 Å². The van der Waals surface area contributed by atoms with Crippen molar-refractivity contribution >= 4 is 0 Å². The first-order valence-electron chi connectivity index (χ1n) is 1.32. The molecule has 0 aromatic carbocycles. The van der Waals surface area contributed by atoms with Gasteiger partial charge in [-0.2, -0.15) is 6.42 Å². The summed E-state index contributed by atoms with van der Waals surface area (Å²) in [5.41, 5.74) is 0. The Morgan fingerprint density at radius 1 is 1.75 bits per heavy atom. The molecule has 0 amide bonds. The summed E-state index contributed by atoms with van der Waals surface area (Å²) in [6.07, 6.45) is 0.625. The minimum absolute atomic E-state index is 0.208. The molecule has 0 unspecified atom stereocenters. The zero-order chi connectivity index (χ0) is 3.41. The summed E-state index contributed by atoms with van der Waals surface area (Å²) >= 11 is 0. The summed E-state index contributed by atoms with van der Waals surface area (Å²) in [5, 5.41) is 7.81. The molecule has 4 heavy (non-hydrogen) atoms. The summed E-state index contributed by atoms with van der Waals surface area (Å²) in [6, 6.07) is 0. The van der Waals surface area contributed by atoms with Crippen LogP contribution < -0.4 is 0 Å². The fraction of sp³-hybridized carbons (Fsp3) is 0.667. The van der Waals surface area contributed by atoms with Crippen molar-refractivity contribution in [2.45, 2.75) is 6.42 Å². The highest BCUT2D eigenvalue weighted by molar-refractivity contribution is 4.28. The predicted octanol–water partition coefficient (Wildman–Crippen LogP) is 0.203. The number of rotatable bonds is 1. The van der Waals surface area contributed by atoms with Gasteiger partial charge in [0.2, 0.25) is 0 Å². The van der Waals surface area contributed by atoms with E-state index in [1.807, 2.05) is 0 Å². The maximum Gasteiger partial charge on any atom is 0.0159 e. The van der Waals surface area contributed by atoms with Crippen LogP contribution in [0.15, 0.2) is 0 Å². The van der Waals surface area contributed by atoms with E-state index in [4.69, 9.17) is 5.11 Å². The highest BCUT2D eigenvalue weighted by Crippen LogP contribution is 1.60. The zero-order valence-electron chi connectivity index (χ0n) is 2.57. The van der Waals surface area contributed by atoms with E-state index in [9.17, 15) is 0 Å². The first-order chi connectivity index (χ1) is 1.91. The van der Waals surface area contributed by atoms with Gasteiger partial charge in [-0.25, -0.2) is 0 Å². The van der Waals surface area contributed by atoms with Crippen LogP contribution >= 0.6 is 0 Å². The second-order valence-electron chi connectivity index (χ2n) is 0.577. The van der Waals surface area contributed by atoms with Crippen LogP contribution in [0.1, 0.15) is 6.42 Å². The smallest absolute Gasteiger partial charge is 0.0159 e. The van der Waals surface area contributed by atoms with Gasteiger partial charge in [0, 0.05) is 6.61 Å². The highest BCUT2D eigenvalue weighted by Gasteiger charge is 1.48. The zero-order valence-corrected chi connectivity index (χ0v) is 2.57. The van der Waals surface area contributed by atoms with Gasteiger partial charge in [-0.05, 0) is 0 Å². The lowest BCUT2D eigenvalue weighted by molar-refractivity contribution is 0.302. The number of hydrogen-bond donors (Lipinski definition) is 1. The van der Waals surface area contributed by atoms with Crippen LogP contribution in [0, 0.1) is 6.92 Å². The third kappa shape index (κ3) is 1.96. The lowest BCUT2D eigenvalue weighted by Gasteiger charge is -1.78. The van der Waals surface area contributed by atoms with Crippen LogP contribution in [-0.4, -0.2) is 11.7 Å². The monoisotopic (exact) mass is 59.1 g/mol. The standard InChI is InChI=1S/C3H7O/c1-2-3-4/h4H,1-3H2/q-1. The molecule has 0 bridgehead atoms. The highest BCUT2D eigenvalue weighted by atomic mass is 16.2. The third-order valence-corrected chi connectivity index (χ3v) is 0.158. The third-order valence-electron chi connectivity index (χ3n) is 0.158. The van der Waals surface area contributed by atoms with Crippen LogP contribution in [0.25, 0.3) is 0 Å². The topological polar surface area (TPSA) is 20.2 Å². The summed E-state index contributed by atoms with van der Waals surface area (Å²) in [6.45, 7) is 3.56. The van der Waals surface area contributed by atoms with E-state index in [0.29, 0.717) is 6.42 Å². The van der Waals surface area contributed by atoms with Crippen molar-refractivity contribution in [1.29, 1.82) is 0 Å². The Kier molecular flexibility index (Phi) is 2.93. The Balaban J connectivity index is 1.97. The van der Waals surface area contributed by atoms with Crippen LogP contribution in [0.2, 0.25) is 0 Å². The molecule has 0 atom stereocenters. The molecule has 0 radical (unpaired) electrons. The number of hydrogen-bond acceptors (Lipinski definition) is 1. The summed E-state index contributed by atoms with van der Waals surface area (Å²) in [5.74, 6) is 0. The van der Waals surface area contributed by atoms with Crippen molar-refractivity contribution in [3.05, 3.63) is 6.92 Å². The van der Waals surface area contributed by atoms with E-state index in [0.717, 1.165) is 0 Å². The molecule has 26 valence electrons. The van der Waals surface area contributed by atoms with Gasteiger partial charge in [-0.3, -0.25) is 0 Å². The van der Waals surface area contributed by atoms with E-state index in [1.54, 1.807) is 0 Å². The molecule has 0 aromatic heterocycles. The predicted molar refractivity (Wildman–Crippen MR) is 17.1 cm³/mol. The molecule has 0 aliphatic carbocycles. The van der Waals surface area contributed by atoms with Crippen molar-refractivity contribution in [1.82, 2.24) is 0 Å². The first-order valence-corrected chi connectivity index (χ1v) is 1.32. The quantitative estimate of drug-likeness (QED) is 0.428. The van der Waals surface area contributed by atoms with E-state index >= 15 is 0 Å². The van der Waals surface area contributed by atoms with Crippen molar-refractivity contribution in [3.63, 3.8) is 0 Å². The Morgan fingerprint density at radius 2 is 2.00 bits per heavy atom. The first kappa shape index (κ1) is 3.96. The van der Waals surface area contributed by atoms with Crippen LogP contribution in [0.3, 0.4) is 0 Å². The van der Waals surface area contributed by atoms with Gasteiger partial charge < -0.3 is 12.0 Å². The molecule has 1 N–H and O–H groups in total. The number of aliphatic hydroxyl groups is 1. The molecule has 0 aliphatic heterocycles. The summed E-state index contributed by atoms with van der Waals surface area (Å²) in [7, 11) is 0. The van der Waals surface area contributed by atoms with Gasteiger partial charge in [0.05, 0.1) is 0 Å². The second kappa shape index (κ2) is 2.96. The largest absolute Gasteiger partial charge is 0.399 e. The number of aliphatic hydroxyl groups excluding tert-OH is 1. The maximum absolute atomic E-state index is 7.81. The lowest BCUT2D eigenvalue weighted by Crippen LogP contribution is -1.70. The molecular weight excluding hydrogens is 52.0 g/mol. The van der Waals surface area contributed by atoms with Gasteiger partial charge in [0.1, 0.15) is 0 Å². The Bertz CT molecular complexity index is 5.25. The van der Waals surface area contributed by atoms with Crippen LogP contribution in [-0.2, 0) is 0 Å². The second-order valence-corrected chi connectivity index (χ2v) is 0.577. The molecule has 0 aromatic rings. The molecular formula is C3H7O-. The minimum Gasteiger partial charge on any atom is -0.399 e. The van der Waals surface area contributed by atoms with Crippen LogP contribution in [0.5, 0.6) is 0 Å². The van der Waals surface area contributed by atoms with Gasteiger partial charge in [0.15, 0.2) is 0 Å². The average Bonchev–Trinajstić information content (AvgIpc) is 1.37. The van der Waals surface area contributed by atoms with E-state index in [1.165, 1.54) is 0 Å². The van der Waals surface area contributed by atoms with E-state index in [2.05, 4.69) is 6.92 Å². The molecule has 1 nitrogen and oxygen atoms in total. The fourth-order valence-electron chi connectivity index (χ4n) is 0. The SMILES string of the molecule is [CH2-]CCO. The van der Waals surface area contributed by atoms with Crippen molar-refractivity contribution in [3.8, 4) is 0 Å².